The number of nitrogens with zero attached hydrogens (tertiary/aromatic N) is 2. The lowest BCUT2D eigenvalue weighted by Gasteiger charge is -2.25. The number of nitro benzene ring substituents is 1. The number of carbonyl (C=O) groups excluding carboxylic acids is 1. The molecule has 1 aromatic rings. The fourth-order valence-corrected chi connectivity index (χ4v) is 2.63. The molecule has 0 aliphatic carbocycles. The number of amides is 1. The maximum atomic E-state index is 12.2. The predicted molar refractivity (Wildman–Crippen MR) is 79.8 cm³/mol. The molecule has 2 rings (SSSR count). The highest BCUT2D eigenvalue weighted by Gasteiger charge is 2.19. The van der Waals surface area contributed by atoms with Crippen molar-refractivity contribution >= 4 is 11.6 Å². The molecule has 6 nitrogen and oxygen atoms in total. The summed E-state index contributed by atoms with van der Waals surface area (Å²) in [5.74, 6) is 0.494. The van der Waals surface area contributed by atoms with Crippen LogP contribution in [0.15, 0.2) is 24.3 Å². The lowest BCUT2D eigenvalue weighted by Crippen LogP contribution is -2.34. The van der Waals surface area contributed by atoms with Crippen molar-refractivity contribution in [3.05, 3.63) is 39.9 Å². The van der Waals surface area contributed by atoms with Crippen molar-refractivity contribution in [2.45, 2.75) is 25.8 Å². The van der Waals surface area contributed by atoms with E-state index in [1.807, 2.05) is 0 Å². The van der Waals surface area contributed by atoms with Crippen LogP contribution in [0.2, 0.25) is 0 Å². The minimum Gasteiger partial charge on any atom is -0.341 e. The first-order chi connectivity index (χ1) is 10.1. The van der Waals surface area contributed by atoms with Crippen LogP contribution in [-0.2, 0) is 11.3 Å². The van der Waals surface area contributed by atoms with E-state index in [2.05, 4.69) is 5.32 Å². The maximum Gasteiger partial charge on any atom is 0.269 e. The van der Waals surface area contributed by atoms with Crippen molar-refractivity contribution in [2.24, 2.45) is 5.92 Å². The van der Waals surface area contributed by atoms with Crippen molar-refractivity contribution in [3.8, 4) is 0 Å². The van der Waals surface area contributed by atoms with Gasteiger partial charge in [-0.2, -0.15) is 0 Å². The number of piperidine rings is 1. The molecule has 0 spiro atoms. The molecule has 1 amide bonds. The summed E-state index contributed by atoms with van der Waals surface area (Å²) in [7, 11) is 1.75. The topological polar surface area (TPSA) is 75.5 Å². The summed E-state index contributed by atoms with van der Waals surface area (Å²) in [5.41, 5.74) is 0.839. The van der Waals surface area contributed by atoms with E-state index in [0.717, 1.165) is 31.5 Å². The fraction of sp³-hybridized carbons (Fsp3) is 0.533. The van der Waals surface area contributed by atoms with Gasteiger partial charge in [-0.3, -0.25) is 14.9 Å². The van der Waals surface area contributed by atoms with Crippen LogP contribution in [0.1, 0.15) is 24.8 Å². The first-order valence-corrected chi connectivity index (χ1v) is 7.24. The molecule has 1 unspecified atom stereocenters. The Hall–Kier alpha value is -1.95. The molecule has 0 bridgehead atoms. The van der Waals surface area contributed by atoms with Crippen molar-refractivity contribution in [2.75, 3.05) is 20.1 Å². The van der Waals surface area contributed by atoms with Crippen LogP contribution in [0.25, 0.3) is 0 Å². The first-order valence-electron chi connectivity index (χ1n) is 7.24. The molecule has 0 aromatic heterocycles. The van der Waals surface area contributed by atoms with Gasteiger partial charge in [-0.25, -0.2) is 0 Å². The molecule has 1 aliphatic rings. The molecular weight excluding hydrogens is 270 g/mol. The third kappa shape index (κ3) is 4.53. The van der Waals surface area contributed by atoms with Crippen molar-refractivity contribution in [1.29, 1.82) is 0 Å². The van der Waals surface area contributed by atoms with Crippen molar-refractivity contribution in [3.63, 3.8) is 0 Å². The number of nitrogens with one attached hydrogen (secondary N) is 1. The zero-order valence-electron chi connectivity index (χ0n) is 12.2. The molecule has 1 N–H and O–H groups in total. The molecule has 1 aromatic carbocycles. The number of hydrogen-bond donors (Lipinski definition) is 1. The summed E-state index contributed by atoms with van der Waals surface area (Å²) < 4.78 is 0. The van der Waals surface area contributed by atoms with Gasteiger partial charge < -0.3 is 10.2 Å². The molecule has 1 fully saturated rings. The Morgan fingerprint density at radius 2 is 2.33 bits per heavy atom. The number of hydrogen-bond acceptors (Lipinski definition) is 4. The molecule has 1 heterocycles. The van der Waals surface area contributed by atoms with Gasteiger partial charge in [0.2, 0.25) is 5.91 Å². The molecule has 0 radical (unpaired) electrons. The minimum atomic E-state index is -0.418. The van der Waals surface area contributed by atoms with Gasteiger partial charge >= 0.3 is 0 Å². The number of nitro groups is 1. The quantitative estimate of drug-likeness (QED) is 0.664. The summed E-state index contributed by atoms with van der Waals surface area (Å²) in [6, 6.07) is 6.43. The van der Waals surface area contributed by atoms with Crippen LogP contribution in [0, 0.1) is 16.0 Å². The Balaban J connectivity index is 1.90. The monoisotopic (exact) mass is 291 g/mol. The summed E-state index contributed by atoms with van der Waals surface area (Å²) in [4.78, 5) is 24.2. The van der Waals surface area contributed by atoms with E-state index < -0.39 is 4.92 Å². The van der Waals surface area contributed by atoms with Crippen LogP contribution in [0.5, 0.6) is 0 Å². The summed E-state index contributed by atoms with van der Waals surface area (Å²) in [6.07, 6.45) is 2.74. The highest BCUT2D eigenvalue weighted by molar-refractivity contribution is 5.76. The van der Waals surface area contributed by atoms with Gasteiger partial charge in [0.15, 0.2) is 0 Å². The minimum absolute atomic E-state index is 0.0600. The van der Waals surface area contributed by atoms with Gasteiger partial charge in [0, 0.05) is 32.1 Å². The van der Waals surface area contributed by atoms with Crippen LogP contribution in [0.3, 0.4) is 0 Å². The number of carbonyl (C=O) groups is 1. The van der Waals surface area contributed by atoms with Crippen molar-refractivity contribution < 1.29 is 9.72 Å². The highest BCUT2D eigenvalue weighted by atomic mass is 16.6. The average Bonchev–Trinajstić information content (AvgIpc) is 2.48. The molecule has 0 saturated carbocycles. The molecule has 1 atom stereocenters. The SMILES string of the molecule is CN(Cc1cccc([N+](=O)[O-])c1)C(=O)CC1CCCNC1. The largest absolute Gasteiger partial charge is 0.341 e. The van der Waals surface area contributed by atoms with Gasteiger partial charge in [-0.05, 0) is 37.4 Å². The standard InChI is InChI=1S/C15H21N3O3/c1-17(15(19)9-12-5-3-7-16-10-12)11-13-4-2-6-14(8-13)18(20)21/h2,4,6,8,12,16H,3,5,7,9-11H2,1H3. The van der Waals surface area contributed by atoms with E-state index in [4.69, 9.17) is 0 Å². The Morgan fingerprint density at radius 3 is 3.00 bits per heavy atom. The van der Waals surface area contributed by atoms with E-state index in [0.29, 0.717) is 18.9 Å². The summed E-state index contributed by atoms with van der Waals surface area (Å²) in [5, 5.41) is 14.1. The van der Waals surface area contributed by atoms with Gasteiger partial charge in [0.25, 0.3) is 5.69 Å². The Bertz CT molecular complexity index is 513. The molecule has 114 valence electrons. The third-order valence-corrected chi connectivity index (χ3v) is 3.83. The van der Waals surface area contributed by atoms with Gasteiger partial charge in [0.1, 0.15) is 0 Å². The van der Waals surface area contributed by atoms with Crippen LogP contribution < -0.4 is 5.32 Å². The highest BCUT2D eigenvalue weighted by Crippen LogP contribution is 2.17. The normalized spacial score (nSPS) is 18.2. The van der Waals surface area contributed by atoms with Gasteiger partial charge in [-0.15, -0.1) is 0 Å². The van der Waals surface area contributed by atoms with E-state index in [9.17, 15) is 14.9 Å². The Morgan fingerprint density at radius 1 is 1.52 bits per heavy atom. The third-order valence-electron chi connectivity index (χ3n) is 3.83. The Kier molecular flexibility index (Phi) is 5.27. The van der Waals surface area contributed by atoms with Crippen molar-refractivity contribution in [1.82, 2.24) is 10.2 Å². The number of rotatable bonds is 5. The second-order valence-electron chi connectivity index (χ2n) is 5.59. The zero-order valence-corrected chi connectivity index (χ0v) is 12.2. The molecule has 21 heavy (non-hydrogen) atoms. The molecule has 6 heteroatoms. The van der Waals surface area contributed by atoms with Gasteiger partial charge in [-0.1, -0.05) is 12.1 Å². The Labute approximate surface area is 124 Å². The zero-order chi connectivity index (χ0) is 15.2. The summed E-state index contributed by atoms with van der Waals surface area (Å²) in [6.45, 7) is 2.34. The van der Waals surface area contributed by atoms with Crippen LogP contribution in [-0.4, -0.2) is 35.9 Å². The lowest BCUT2D eigenvalue weighted by atomic mass is 9.95. The number of non-ortho nitro benzene ring substituents is 1. The fourth-order valence-electron chi connectivity index (χ4n) is 2.63. The average molecular weight is 291 g/mol. The van der Waals surface area contributed by atoms with Crippen LogP contribution in [0.4, 0.5) is 5.69 Å². The first kappa shape index (κ1) is 15.4. The lowest BCUT2D eigenvalue weighted by molar-refractivity contribution is -0.384. The van der Waals surface area contributed by atoms with E-state index in [1.54, 1.807) is 24.1 Å². The second-order valence-corrected chi connectivity index (χ2v) is 5.59. The second kappa shape index (κ2) is 7.17. The maximum absolute atomic E-state index is 12.2. The van der Waals surface area contributed by atoms with E-state index in [1.165, 1.54) is 12.1 Å². The predicted octanol–water partition coefficient (Wildman–Crippen LogP) is 1.94. The van der Waals surface area contributed by atoms with E-state index in [-0.39, 0.29) is 11.6 Å². The van der Waals surface area contributed by atoms with Crippen LogP contribution >= 0.6 is 0 Å². The van der Waals surface area contributed by atoms with E-state index >= 15 is 0 Å². The summed E-state index contributed by atoms with van der Waals surface area (Å²) >= 11 is 0. The smallest absolute Gasteiger partial charge is 0.269 e. The molecular formula is C15H21N3O3. The van der Waals surface area contributed by atoms with Gasteiger partial charge in [0.05, 0.1) is 4.92 Å². The molecule has 1 saturated heterocycles. The number of benzene rings is 1. The molecule has 1 aliphatic heterocycles.